The molecular formula is C18H26N6. The molecule has 3 rings (SSSR count). The van der Waals surface area contributed by atoms with Gasteiger partial charge in [0, 0.05) is 57.7 Å². The molecule has 0 atom stereocenters. The Morgan fingerprint density at radius 3 is 2.38 bits per heavy atom. The largest absolute Gasteiger partial charge is 0.369 e. The number of rotatable bonds is 5. The van der Waals surface area contributed by atoms with Gasteiger partial charge in [-0.05, 0) is 30.8 Å². The Bertz CT molecular complexity index is 647. The van der Waals surface area contributed by atoms with Gasteiger partial charge in [-0.3, -0.25) is 0 Å². The van der Waals surface area contributed by atoms with Crippen LogP contribution in [0.5, 0.6) is 0 Å². The van der Waals surface area contributed by atoms with E-state index in [2.05, 4.69) is 56.3 Å². The molecular weight excluding hydrogens is 300 g/mol. The quantitative estimate of drug-likeness (QED) is 0.911. The van der Waals surface area contributed by atoms with Crippen LogP contribution >= 0.6 is 0 Å². The first-order valence-electron chi connectivity index (χ1n) is 8.49. The van der Waals surface area contributed by atoms with Crippen LogP contribution in [0.15, 0.2) is 36.7 Å². The molecule has 1 fully saturated rings. The van der Waals surface area contributed by atoms with E-state index in [-0.39, 0.29) is 0 Å². The van der Waals surface area contributed by atoms with Crippen molar-refractivity contribution in [3.8, 4) is 0 Å². The Morgan fingerprint density at radius 1 is 1.04 bits per heavy atom. The first-order valence-corrected chi connectivity index (χ1v) is 8.49. The van der Waals surface area contributed by atoms with E-state index in [1.54, 1.807) is 6.33 Å². The van der Waals surface area contributed by atoms with Crippen LogP contribution in [0.25, 0.3) is 0 Å². The van der Waals surface area contributed by atoms with E-state index >= 15 is 0 Å². The third kappa shape index (κ3) is 3.94. The number of hydrogen-bond acceptors (Lipinski definition) is 6. The number of aromatic nitrogens is 2. The van der Waals surface area contributed by atoms with Crippen LogP contribution in [0, 0.1) is 0 Å². The Labute approximate surface area is 144 Å². The monoisotopic (exact) mass is 326 g/mol. The third-order valence-corrected chi connectivity index (χ3v) is 4.44. The average molecular weight is 326 g/mol. The summed E-state index contributed by atoms with van der Waals surface area (Å²) in [6, 6.07) is 10.5. The second kappa shape index (κ2) is 7.49. The van der Waals surface area contributed by atoms with Gasteiger partial charge in [0.2, 0.25) is 0 Å². The fourth-order valence-corrected chi connectivity index (χ4v) is 2.89. The van der Waals surface area contributed by atoms with E-state index in [1.807, 2.05) is 25.1 Å². The van der Waals surface area contributed by atoms with Crippen molar-refractivity contribution in [3.63, 3.8) is 0 Å². The van der Waals surface area contributed by atoms with Gasteiger partial charge in [0.05, 0.1) is 0 Å². The highest BCUT2D eigenvalue weighted by molar-refractivity contribution is 5.62. The molecule has 0 aliphatic carbocycles. The number of anilines is 4. The van der Waals surface area contributed by atoms with Crippen molar-refractivity contribution >= 4 is 23.0 Å². The smallest absolute Gasteiger partial charge is 0.135 e. The van der Waals surface area contributed by atoms with Gasteiger partial charge in [-0.25, -0.2) is 9.97 Å². The minimum Gasteiger partial charge on any atom is -0.369 e. The van der Waals surface area contributed by atoms with Gasteiger partial charge in [0.25, 0.3) is 0 Å². The molecule has 0 saturated carbocycles. The summed E-state index contributed by atoms with van der Waals surface area (Å²) in [5.74, 6) is 1.69. The molecule has 0 bridgehead atoms. The normalized spacial score (nSPS) is 15.4. The molecule has 1 saturated heterocycles. The molecule has 6 nitrogen and oxygen atoms in total. The molecule has 128 valence electrons. The number of benzene rings is 1. The van der Waals surface area contributed by atoms with Crippen molar-refractivity contribution in [2.45, 2.75) is 6.92 Å². The summed E-state index contributed by atoms with van der Waals surface area (Å²) in [6.45, 7) is 7.85. The molecule has 1 aromatic heterocycles. The second-order valence-electron chi connectivity index (χ2n) is 6.25. The lowest BCUT2D eigenvalue weighted by atomic mass is 10.2. The van der Waals surface area contributed by atoms with Crippen LogP contribution in [-0.2, 0) is 0 Å². The number of likely N-dealkylation sites (N-methyl/N-ethyl adjacent to an activating group) is 1. The van der Waals surface area contributed by atoms with Crippen molar-refractivity contribution in [2.24, 2.45) is 0 Å². The molecule has 1 aliphatic heterocycles. The molecule has 2 heterocycles. The van der Waals surface area contributed by atoms with Crippen LogP contribution in [-0.4, -0.2) is 61.7 Å². The predicted molar refractivity (Wildman–Crippen MR) is 100 cm³/mol. The van der Waals surface area contributed by atoms with E-state index in [4.69, 9.17) is 0 Å². The molecule has 1 aliphatic rings. The van der Waals surface area contributed by atoms with E-state index in [0.717, 1.165) is 50.0 Å². The van der Waals surface area contributed by atoms with Crippen LogP contribution < -0.4 is 15.1 Å². The first-order chi connectivity index (χ1) is 11.7. The van der Waals surface area contributed by atoms with Crippen LogP contribution in [0.3, 0.4) is 0 Å². The Balaban J connectivity index is 1.64. The maximum atomic E-state index is 4.28. The minimum atomic E-state index is 0.804. The molecule has 1 N–H and O–H groups in total. The lowest BCUT2D eigenvalue weighted by molar-refractivity contribution is 0.271. The summed E-state index contributed by atoms with van der Waals surface area (Å²) in [6.07, 6.45) is 1.58. The van der Waals surface area contributed by atoms with Gasteiger partial charge in [-0.15, -0.1) is 0 Å². The number of nitrogens with one attached hydrogen (secondary N) is 1. The van der Waals surface area contributed by atoms with Gasteiger partial charge in [0.15, 0.2) is 0 Å². The molecule has 1 aromatic carbocycles. The standard InChI is InChI=1S/C18H26N6/c1-4-23-9-11-24(12-10-23)16-7-5-15(6-8-16)21-17-13-18(22(2)3)20-14-19-17/h5-8,13-14H,4,9-12H2,1-3H3,(H,19,20,21). The Morgan fingerprint density at radius 2 is 1.75 bits per heavy atom. The predicted octanol–water partition coefficient (Wildman–Crippen LogP) is 2.43. The van der Waals surface area contributed by atoms with Gasteiger partial charge in [-0.1, -0.05) is 6.92 Å². The van der Waals surface area contributed by atoms with E-state index < -0.39 is 0 Å². The molecule has 24 heavy (non-hydrogen) atoms. The Hall–Kier alpha value is -2.34. The van der Waals surface area contributed by atoms with Crippen LogP contribution in [0.1, 0.15) is 6.92 Å². The summed E-state index contributed by atoms with van der Waals surface area (Å²) >= 11 is 0. The third-order valence-electron chi connectivity index (χ3n) is 4.44. The van der Waals surface area contributed by atoms with Gasteiger partial charge < -0.3 is 20.0 Å². The zero-order chi connectivity index (χ0) is 16.9. The summed E-state index contributed by atoms with van der Waals surface area (Å²) in [5, 5.41) is 3.34. The SMILES string of the molecule is CCN1CCN(c2ccc(Nc3cc(N(C)C)ncn3)cc2)CC1. The maximum Gasteiger partial charge on any atom is 0.135 e. The zero-order valence-corrected chi connectivity index (χ0v) is 14.7. The van der Waals surface area contributed by atoms with Crippen molar-refractivity contribution in [3.05, 3.63) is 36.7 Å². The summed E-state index contributed by atoms with van der Waals surface area (Å²) in [5.41, 5.74) is 2.32. The lowest BCUT2D eigenvalue weighted by Crippen LogP contribution is -2.46. The molecule has 0 spiro atoms. The van der Waals surface area contributed by atoms with Crippen molar-refractivity contribution in [1.82, 2.24) is 14.9 Å². The minimum absolute atomic E-state index is 0.804. The van der Waals surface area contributed by atoms with Crippen LogP contribution in [0.4, 0.5) is 23.0 Å². The molecule has 6 heteroatoms. The number of piperazine rings is 1. The van der Waals surface area contributed by atoms with E-state index in [1.165, 1.54) is 5.69 Å². The highest BCUT2D eigenvalue weighted by Gasteiger charge is 2.15. The van der Waals surface area contributed by atoms with Crippen molar-refractivity contribution < 1.29 is 0 Å². The molecule has 0 amide bonds. The average Bonchev–Trinajstić information content (AvgIpc) is 2.63. The molecule has 0 unspecified atom stereocenters. The topological polar surface area (TPSA) is 47.5 Å². The number of nitrogens with zero attached hydrogens (tertiary/aromatic N) is 5. The highest BCUT2D eigenvalue weighted by atomic mass is 15.3. The maximum absolute atomic E-state index is 4.28. The fourth-order valence-electron chi connectivity index (χ4n) is 2.89. The van der Waals surface area contributed by atoms with Gasteiger partial charge in [0.1, 0.15) is 18.0 Å². The van der Waals surface area contributed by atoms with Crippen molar-refractivity contribution in [1.29, 1.82) is 0 Å². The molecule has 0 radical (unpaired) electrons. The first kappa shape index (κ1) is 16.5. The summed E-state index contributed by atoms with van der Waals surface area (Å²) < 4.78 is 0. The van der Waals surface area contributed by atoms with E-state index in [0.29, 0.717) is 0 Å². The van der Waals surface area contributed by atoms with Crippen LogP contribution in [0.2, 0.25) is 0 Å². The Kier molecular flexibility index (Phi) is 5.15. The van der Waals surface area contributed by atoms with E-state index in [9.17, 15) is 0 Å². The van der Waals surface area contributed by atoms with Crippen molar-refractivity contribution in [2.75, 3.05) is 61.9 Å². The highest BCUT2D eigenvalue weighted by Crippen LogP contribution is 2.22. The number of hydrogen-bond donors (Lipinski definition) is 1. The second-order valence-corrected chi connectivity index (χ2v) is 6.25. The summed E-state index contributed by atoms with van der Waals surface area (Å²) in [7, 11) is 3.94. The fraction of sp³-hybridized carbons (Fsp3) is 0.444. The molecule has 2 aromatic rings. The van der Waals surface area contributed by atoms with Gasteiger partial charge in [-0.2, -0.15) is 0 Å². The zero-order valence-electron chi connectivity index (χ0n) is 14.7. The lowest BCUT2D eigenvalue weighted by Gasteiger charge is -2.35. The summed E-state index contributed by atoms with van der Waals surface area (Å²) in [4.78, 5) is 15.4. The van der Waals surface area contributed by atoms with Gasteiger partial charge >= 0.3 is 0 Å².